The maximum absolute atomic E-state index is 12.2. The van der Waals surface area contributed by atoms with Gasteiger partial charge in [-0.3, -0.25) is 9.59 Å². The van der Waals surface area contributed by atoms with E-state index in [0.717, 1.165) is 25.9 Å². The zero-order chi connectivity index (χ0) is 16.2. The van der Waals surface area contributed by atoms with Gasteiger partial charge in [0.25, 0.3) is 0 Å². The smallest absolute Gasteiger partial charge is 0.233 e. The first-order chi connectivity index (χ1) is 11.1. The Bertz CT molecular complexity index is 602. The Hall–Kier alpha value is -2.24. The molecule has 2 amide bonds. The van der Waals surface area contributed by atoms with Gasteiger partial charge in [0.05, 0.1) is 0 Å². The zero-order valence-corrected chi connectivity index (χ0v) is 13.3. The van der Waals surface area contributed by atoms with Crippen LogP contribution in [-0.4, -0.2) is 43.0 Å². The number of ether oxygens (including phenoxy) is 2. The highest BCUT2D eigenvalue weighted by atomic mass is 16.6. The molecule has 0 radical (unpaired) electrons. The number of amides is 2. The van der Waals surface area contributed by atoms with Crippen molar-refractivity contribution in [2.45, 2.75) is 26.2 Å². The molecule has 1 N–H and O–H groups in total. The minimum atomic E-state index is -0.301. The van der Waals surface area contributed by atoms with E-state index in [0.29, 0.717) is 36.3 Å². The number of likely N-dealkylation sites (tertiary alicyclic amines) is 1. The zero-order valence-electron chi connectivity index (χ0n) is 13.3. The number of fused-ring (bicyclic) bond motifs is 1. The lowest BCUT2D eigenvalue weighted by atomic mass is 10.00. The number of hydrogen-bond donors (Lipinski definition) is 1. The molecule has 1 fully saturated rings. The summed E-state index contributed by atoms with van der Waals surface area (Å²) in [4.78, 5) is 26.1. The van der Waals surface area contributed by atoms with Crippen LogP contribution < -0.4 is 14.8 Å². The topological polar surface area (TPSA) is 67.9 Å². The molecule has 1 aromatic carbocycles. The predicted octanol–water partition coefficient (Wildman–Crippen LogP) is 2.04. The molecule has 3 rings (SSSR count). The quantitative estimate of drug-likeness (QED) is 0.866. The van der Waals surface area contributed by atoms with Gasteiger partial charge in [0.15, 0.2) is 11.5 Å². The van der Waals surface area contributed by atoms with Crippen molar-refractivity contribution in [2.24, 2.45) is 5.92 Å². The second-order valence-electron chi connectivity index (χ2n) is 6.17. The van der Waals surface area contributed by atoms with Crippen LogP contribution >= 0.6 is 0 Å². The van der Waals surface area contributed by atoms with Gasteiger partial charge >= 0.3 is 0 Å². The SMILES string of the molecule is CC1CCCN(C(=O)CC(=O)Nc2ccc3c(c2)OCCO3)C1. The van der Waals surface area contributed by atoms with E-state index in [1.165, 1.54) is 0 Å². The van der Waals surface area contributed by atoms with Crippen LogP contribution in [0.25, 0.3) is 0 Å². The Morgan fingerprint density at radius 1 is 1.26 bits per heavy atom. The lowest BCUT2D eigenvalue weighted by Crippen LogP contribution is -2.40. The van der Waals surface area contributed by atoms with Crippen molar-refractivity contribution in [1.82, 2.24) is 4.90 Å². The largest absolute Gasteiger partial charge is 0.486 e. The standard InChI is InChI=1S/C17H22N2O4/c1-12-3-2-6-19(11-12)17(21)10-16(20)18-13-4-5-14-15(9-13)23-8-7-22-14/h4-5,9,12H,2-3,6-8,10-11H2,1H3,(H,18,20). The van der Waals surface area contributed by atoms with Crippen LogP contribution in [0.1, 0.15) is 26.2 Å². The molecule has 124 valence electrons. The molecule has 0 aromatic heterocycles. The molecule has 23 heavy (non-hydrogen) atoms. The molecule has 2 aliphatic heterocycles. The van der Waals surface area contributed by atoms with Crippen LogP contribution in [0.2, 0.25) is 0 Å². The average molecular weight is 318 g/mol. The predicted molar refractivity (Wildman–Crippen MR) is 85.7 cm³/mol. The molecule has 1 saturated heterocycles. The van der Waals surface area contributed by atoms with E-state index in [2.05, 4.69) is 12.2 Å². The molecular formula is C17H22N2O4. The van der Waals surface area contributed by atoms with Gasteiger partial charge in [-0.15, -0.1) is 0 Å². The molecule has 0 saturated carbocycles. The monoisotopic (exact) mass is 318 g/mol. The van der Waals surface area contributed by atoms with E-state index < -0.39 is 0 Å². The average Bonchev–Trinajstić information content (AvgIpc) is 2.54. The van der Waals surface area contributed by atoms with Gasteiger partial charge < -0.3 is 19.7 Å². The first kappa shape index (κ1) is 15.6. The van der Waals surface area contributed by atoms with Crippen LogP contribution in [-0.2, 0) is 9.59 Å². The molecule has 6 heteroatoms. The summed E-state index contributed by atoms with van der Waals surface area (Å²) in [6.07, 6.45) is 2.03. The lowest BCUT2D eigenvalue weighted by Gasteiger charge is -2.30. The Morgan fingerprint density at radius 2 is 2.04 bits per heavy atom. The Morgan fingerprint density at radius 3 is 2.83 bits per heavy atom. The maximum Gasteiger partial charge on any atom is 0.233 e. The third-order valence-electron chi connectivity index (χ3n) is 4.15. The van der Waals surface area contributed by atoms with Gasteiger partial charge in [0, 0.05) is 24.8 Å². The highest BCUT2D eigenvalue weighted by Gasteiger charge is 2.23. The van der Waals surface area contributed by atoms with Gasteiger partial charge in [0.2, 0.25) is 11.8 Å². The highest BCUT2D eigenvalue weighted by Crippen LogP contribution is 2.32. The highest BCUT2D eigenvalue weighted by molar-refractivity contribution is 6.03. The van der Waals surface area contributed by atoms with Crippen LogP contribution in [0.15, 0.2) is 18.2 Å². The van der Waals surface area contributed by atoms with Crippen molar-refractivity contribution in [1.29, 1.82) is 0 Å². The van der Waals surface area contributed by atoms with Crippen LogP contribution in [0.5, 0.6) is 11.5 Å². The summed E-state index contributed by atoms with van der Waals surface area (Å²) in [6, 6.07) is 5.23. The van der Waals surface area contributed by atoms with E-state index in [-0.39, 0.29) is 18.2 Å². The summed E-state index contributed by atoms with van der Waals surface area (Å²) in [5, 5.41) is 2.75. The number of anilines is 1. The Labute approximate surface area is 135 Å². The molecule has 1 unspecified atom stereocenters. The molecule has 2 heterocycles. The summed E-state index contributed by atoms with van der Waals surface area (Å²) in [5.41, 5.74) is 0.610. The molecule has 0 spiro atoms. The minimum Gasteiger partial charge on any atom is -0.486 e. The van der Waals surface area contributed by atoms with Crippen molar-refractivity contribution in [3.63, 3.8) is 0 Å². The number of nitrogens with zero attached hydrogens (tertiary/aromatic N) is 1. The second-order valence-corrected chi connectivity index (χ2v) is 6.17. The number of carbonyl (C=O) groups is 2. The molecule has 0 aliphatic carbocycles. The Balaban J connectivity index is 1.55. The third kappa shape index (κ3) is 3.94. The van der Waals surface area contributed by atoms with E-state index in [4.69, 9.17) is 9.47 Å². The van der Waals surface area contributed by atoms with Crippen LogP contribution in [0.4, 0.5) is 5.69 Å². The number of carbonyl (C=O) groups excluding carboxylic acids is 2. The number of rotatable bonds is 3. The van der Waals surface area contributed by atoms with Crippen LogP contribution in [0.3, 0.4) is 0 Å². The number of benzene rings is 1. The van der Waals surface area contributed by atoms with Gasteiger partial charge in [-0.25, -0.2) is 0 Å². The van der Waals surface area contributed by atoms with E-state index in [9.17, 15) is 9.59 Å². The van der Waals surface area contributed by atoms with Gasteiger partial charge in [-0.1, -0.05) is 6.92 Å². The lowest BCUT2D eigenvalue weighted by molar-refractivity contribution is -0.136. The fourth-order valence-corrected chi connectivity index (χ4v) is 2.99. The van der Waals surface area contributed by atoms with E-state index in [1.54, 1.807) is 23.1 Å². The molecule has 0 bridgehead atoms. The summed E-state index contributed by atoms with van der Waals surface area (Å²) in [6.45, 7) is 4.66. The van der Waals surface area contributed by atoms with Crippen molar-refractivity contribution < 1.29 is 19.1 Å². The minimum absolute atomic E-state index is 0.105. The summed E-state index contributed by atoms with van der Waals surface area (Å²) in [7, 11) is 0. The molecule has 2 aliphatic rings. The van der Waals surface area contributed by atoms with Crippen molar-refractivity contribution in [3.05, 3.63) is 18.2 Å². The number of nitrogens with one attached hydrogen (secondary N) is 1. The number of piperidine rings is 1. The fraction of sp³-hybridized carbons (Fsp3) is 0.529. The fourth-order valence-electron chi connectivity index (χ4n) is 2.99. The van der Waals surface area contributed by atoms with E-state index >= 15 is 0 Å². The van der Waals surface area contributed by atoms with Crippen LogP contribution in [0, 0.1) is 5.92 Å². The van der Waals surface area contributed by atoms with Gasteiger partial charge in [-0.05, 0) is 30.9 Å². The first-order valence-corrected chi connectivity index (χ1v) is 8.09. The molecule has 1 aromatic rings. The third-order valence-corrected chi connectivity index (χ3v) is 4.15. The normalized spacial score (nSPS) is 20.0. The number of hydrogen-bond acceptors (Lipinski definition) is 4. The van der Waals surface area contributed by atoms with E-state index in [1.807, 2.05) is 0 Å². The van der Waals surface area contributed by atoms with Crippen molar-refractivity contribution in [3.8, 4) is 11.5 Å². The molecule has 1 atom stereocenters. The summed E-state index contributed by atoms with van der Waals surface area (Å²) < 4.78 is 10.9. The van der Waals surface area contributed by atoms with Crippen molar-refractivity contribution in [2.75, 3.05) is 31.6 Å². The van der Waals surface area contributed by atoms with Gasteiger partial charge in [-0.2, -0.15) is 0 Å². The van der Waals surface area contributed by atoms with Gasteiger partial charge in [0.1, 0.15) is 19.6 Å². The summed E-state index contributed by atoms with van der Waals surface area (Å²) >= 11 is 0. The summed E-state index contributed by atoms with van der Waals surface area (Å²) in [5.74, 6) is 1.39. The second kappa shape index (κ2) is 6.89. The molecular weight excluding hydrogens is 296 g/mol. The van der Waals surface area contributed by atoms with Crippen molar-refractivity contribution >= 4 is 17.5 Å². The molecule has 6 nitrogen and oxygen atoms in total. The Kier molecular flexibility index (Phi) is 4.69. The maximum atomic E-state index is 12.2. The first-order valence-electron chi connectivity index (χ1n) is 8.09.